The van der Waals surface area contributed by atoms with Crippen LogP contribution in [-0.2, 0) is 9.59 Å². The molecule has 2 amide bonds. The summed E-state index contributed by atoms with van der Waals surface area (Å²) in [7, 11) is 0. The van der Waals surface area contributed by atoms with Crippen molar-refractivity contribution in [2.75, 3.05) is 26.2 Å². The standard InChI is InChI=1S/C24H24Cl2N4O3/c1-14(33-23-6-3-16(8-27)9-28-23)19-12-30(24(32)18-10-29(11-18)15(2)31)13-20(19)17-4-5-21(25)22(26)7-17/h3-7,9,14,18-20H,10-13H2,1-2H3/t14-,19+,20+/m0/s1. The van der Waals surface area contributed by atoms with Gasteiger partial charge in [-0.05, 0) is 30.7 Å². The summed E-state index contributed by atoms with van der Waals surface area (Å²) in [6.07, 6.45) is 1.22. The number of nitriles is 1. The number of likely N-dealkylation sites (tertiary alicyclic amines) is 2. The first-order chi connectivity index (χ1) is 15.8. The molecule has 33 heavy (non-hydrogen) atoms. The second-order valence-electron chi connectivity index (χ2n) is 8.63. The van der Waals surface area contributed by atoms with E-state index >= 15 is 0 Å². The molecule has 4 rings (SSSR count). The van der Waals surface area contributed by atoms with Crippen molar-refractivity contribution >= 4 is 35.0 Å². The summed E-state index contributed by atoms with van der Waals surface area (Å²) in [6.45, 7) is 5.47. The predicted molar refractivity (Wildman–Crippen MR) is 124 cm³/mol. The highest BCUT2D eigenvalue weighted by atomic mass is 35.5. The maximum atomic E-state index is 13.1. The fraction of sp³-hybridized carbons (Fsp3) is 0.417. The van der Waals surface area contributed by atoms with Gasteiger partial charge in [0, 0.05) is 57.2 Å². The smallest absolute Gasteiger partial charge is 0.229 e. The molecular formula is C24H24Cl2N4O3. The lowest BCUT2D eigenvalue weighted by Gasteiger charge is -2.39. The zero-order valence-electron chi connectivity index (χ0n) is 18.4. The molecule has 2 aliphatic rings. The molecule has 0 saturated carbocycles. The molecule has 1 aromatic carbocycles. The maximum absolute atomic E-state index is 13.1. The summed E-state index contributed by atoms with van der Waals surface area (Å²) in [5.41, 5.74) is 1.45. The third-order valence-electron chi connectivity index (χ3n) is 6.50. The lowest BCUT2D eigenvalue weighted by molar-refractivity contribution is -0.146. The van der Waals surface area contributed by atoms with E-state index in [-0.39, 0.29) is 35.7 Å². The predicted octanol–water partition coefficient (Wildman–Crippen LogP) is 3.75. The number of nitrogens with zero attached hydrogens (tertiary/aromatic N) is 4. The molecule has 3 atom stereocenters. The Balaban J connectivity index is 1.53. The number of benzene rings is 1. The average Bonchev–Trinajstić information content (AvgIpc) is 3.20. The minimum atomic E-state index is -0.252. The van der Waals surface area contributed by atoms with Crippen LogP contribution in [0.5, 0.6) is 5.88 Å². The topological polar surface area (TPSA) is 86.5 Å². The summed E-state index contributed by atoms with van der Waals surface area (Å²) >= 11 is 12.4. The second-order valence-corrected chi connectivity index (χ2v) is 9.44. The van der Waals surface area contributed by atoms with Crippen molar-refractivity contribution < 1.29 is 14.3 Å². The molecule has 0 spiro atoms. The summed E-state index contributed by atoms with van der Waals surface area (Å²) in [5, 5.41) is 9.92. The van der Waals surface area contributed by atoms with E-state index in [0.29, 0.717) is 47.7 Å². The van der Waals surface area contributed by atoms with Crippen LogP contribution in [-0.4, -0.2) is 58.9 Å². The molecule has 2 saturated heterocycles. The summed E-state index contributed by atoms with van der Waals surface area (Å²) < 4.78 is 6.11. The molecule has 3 heterocycles. The van der Waals surface area contributed by atoms with E-state index in [9.17, 15) is 9.59 Å². The Bertz CT molecular complexity index is 1100. The molecule has 2 aromatic rings. The molecule has 7 nitrogen and oxygen atoms in total. The second kappa shape index (κ2) is 9.58. The van der Waals surface area contributed by atoms with Crippen LogP contribution in [0, 0.1) is 23.2 Å². The number of pyridine rings is 1. The van der Waals surface area contributed by atoms with Gasteiger partial charge in [-0.1, -0.05) is 29.3 Å². The summed E-state index contributed by atoms with van der Waals surface area (Å²) in [4.78, 5) is 32.4. The van der Waals surface area contributed by atoms with Crippen molar-refractivity contribution in [3.8, 4) is 11.9 Å². The van der Waals surface area contributed by atoms with Gasteiger partial charge < -0.3 is 14.5 Å². The average molecular weight is 487 g/mol. The zero-order chi connectivity index (χ0) is 23.7. The molecule has 0 unspecified atom stereocenters. The van der Waals surface area contributed by atoms with Crippen LogP contribution in [0.3, 0.4) is 0 Å². The van der Waals surface area contributed by atoms with Crippen molar-refractivity contribution in [1.82, 2.24) is 14.8 Å². The lowest BCUT2D eigenvalue weighted by atomic mass is 9.86. The zero-order valence-corrected chi connectivity index (χ0v) is 19.9. The molecule has 9 heteroatoms. The first-order valence-electron chi connectivity index (χ1n) is 10.8. The van der Waals surface area contributed by atoms with Crippen molar-refractivity contribution in [2.24, 2.45) is 11.8 Å². The third kappa shape index (κ3) is 4.92. The van der Waals surface area contributed by atoms with Crippen LogP contribution >= 0.6 is 23.2 Å². The molecule has 1 aromatic heterocycles. The van der Waals surface area contributed by atoms with Crippen molar-refractivity contribution in [3.63, 3.8) is 0 Å². The first kappa shape index (κ1) is 23.3. The maximum Gasteiger partial charge on any atom is 0.229 e. The van der Waals surface area contributed by atoms with Gasteiger partial charge in [-0.25, -0.2) is 4.98 Å². The number of halogens is 2. The van der Waals surface area contributed by atoms with E-state index < -0.39 is 0 Å². The lowest BCUT2D eigenvalue weighted by Crippen LogP contribution is -2.55. The Labute approximate surface area is 202 Å². The number of carbonyl (C=O) groups is 2. The Kier molecular flexibility index (Phi) is 6.78. The molecule has 0 bridgehead atoms. The molecule has 172 valence electrons. The van der Waals surface area contributed by atoms with Gasteiger partial charge in [-0.3, -0.25) is 9.59 Å². The monoisotopic (exact) mass is 486 g/mol. The number of rotatable bonds is 5. The van der Waals surface area contributed by atoms with Gasteiger partial charge in [-0.15, -0.1) is 0 Å². The summed E-state index contributed by atoms with van der Waals surface area (Å²) in [6, 6.07) is 10.9. The quantitative estimate of drug-likeness (QED) is 0.642. The molecule has 0 radical (unpaired) electrons. The molecule has 2 fully saturated rings. The molecule has 0 N–H and O–H groups in total. The highest BCUT2D eigenvalue weighted by Gasteiger charge is 2.44. The highest BCUT2D eigenvalue weighted by molar-refractivity contribution is 6.42. The molecular weight excluding hydrogens is 463 g/mol. The Morgan fingerprint density at radius 1 is 1.12 bits per heavy atom. The number of hydrogen-bond acceptors (Lipinski definition) is 5. The van der Waals surface area contributed by atoms with Gasteiger partial charge in [0.05, 0.1) is 21.5 Å². The SMILES string of the molecule is CC(=O)N1CC(C(=O)N2C[C@H]([C@H](C)Oc3ccc(C#N)cn3)[C@@H](c3ccc(Cl)c(Cl)c3)C2)C1. The van der Waals surface area contributed by atoms with Gasteiger partial charge in [0.1, 0.15) is 12.2 Å². The van der Waals surface area contributed by atoms with Crippen LogP contribution in [0.2, 0.25) is 10.0 Å². The summed E-state index contributed by atoms with van der Waals surface area (Å²) in [5.74, 6) is 0.301. The van der Waals surface area contributed by atoms with Crippen LogP contribution in [0.1, 0.15) is 30.9 Å². The number of ether oxygens (including phenoxy) is 1. The van der Waals surface area contributed by atoms with Crippen LogP contribution in [0.25, 0.3) is 0 Å². The van der Waals surface area contributed by atoms with Crippen LogP contribution in [0.4, 0.5) is 0 Å². The van der Waals surface area contributed by atoms with E-state index in [1.807, 2.05) is 30.0 Å². The van der Waals surface area contributed by atoms with E-state index in [4.69, 9.17) is 33.2 Å². The Morgan fingerprint density at radius 3 is 2.48 bits per heavy atom. The van der Waals surface area contributed by atoms with Crippen LogP contribution in [0.15, 0.2) is 36.5 Å². The highest BCUT2D eigenvalue weighted by Crippen LogP contribution is 2.39. The normalized spacial score (nSPS) is 21.3. The third-order valence-corrected chi connectivity index (χ3v) is 7.24. The Morgan fingerprint density at radius 2 is 1.88 bits per heavy atom. The van der Waals surface area contributed by atoms with E-state index in [1.165, 1.54) is 13.1 Å². The minimum absolute atomic E-state index is 0.00100. The van der Waals surface area contributed by atoms with E-state index in [0.717, 1.165) is 5.56 Å². The Hall–Kier alpha value is -2.82. The first-order valence-corrected chi connectivity index (χ1v) is 11.5. The van der Waals surface area contributed by atoms with Gasteiger partial charge in [0.15, 0.2) is 0 Å². The number of hydrogen-bond donors (Lipinski definition) is 0. The van der Waals surface area contributed by atoms with Crippen molar-refractivity contribution in [1.29, 1.82) is 5.26 Å². The van der Waals surface area contributed by atoms with Crippen LogP contribution < -0.4 is 4.74 Å². The van der Waals surface area contributed by atoms with Crippen molar-refractivity contribution in [2.45, 2.75) is 25.9 Å². The number of carbonyl (C=O) groups excluding carboxylic acids is 2. The molecule has 0 aliphatic carbocycles. The van der Waals surface area contributed by atoms with Gasteiger partial charge >= 0.3 is 0 Å². The van der Waals surface area contributed by atoms with Gasteiger partial charge in [0.25, 0.3) is 0 Å². The number of amides is 2. The minimum Gasteiger partial charge on any atom is -0.474 e. The van der Waals surface area contributed by atoms with E-state index in [2.05, 4.69) is 4.98 Å². The fourth-order valence-corrected chi connectivity index (χ4v) is 4.83. The number of aromatic nitrogens is 1. The van der Waals surface area contributed by atoms with Gasteiger partial charge in [0.2, 0.25) is 17.7 Å². The molecule has 2 aliphatic heterocycles. The van der Waals surface area contributed by atoms with E-state index in [1.54, 1.807) is 23.1 Å². The van der Waals surface area contributed by atoms with Gasteiger partial charge in [-0.2, -0.15) is 5.26 Å². The van der Waals surface area contributed by atoms with Crippen molar-refractivity contribution in [3.05, 3.63) is 57.7 Å². The fourth-order valence-electron chi connectivity index (χ4n) is 4.52. The largest absolute Gasteiger partial charge is 0.474 e.